The zero-order chi connectivity index (χ0) is 15.7. The van der Waals surface area contributed by atoms with Crippen LogP contribution in [0.3, 0.4) is 0 Å². The van der Waals surface area contributed by atoms with Gasteiger partial charge in [0.25, 0.3) is 5.09 Å². The molecular formula is C13H18N2O6. The van der Waals surface area contributed by atoms with Crippen LogP contribution in [0.15, 0.2) is 24.3 Å². The molecule has 0 radical (unpaired) electrons. The lowest BCUT2D eigenvalue weighted by Gasteiger charge is -2.11. The minimum absolute atomic E-state index is 0.203. The van der Waals surface area contributed by atoms with Gasteiger partial charge in [0.1, 0.15) is 13.2 Å². The van der Waals surface area contributed by atoms with Crippen molar-refractivity contribution in [2.45, 2.75) is 19.8 Å². The van der Waals surface area contributed by atoms with Crippen LogP contribution < -0.4 is 5.73 Å². The highest BCUT2D eigenvalue weighted by atomic mass is 17.2. The molecule has 0 aromatic heterocycles. The van der Waals surface area contributed by atoms with Crippen molar-refractivity contribution in [3.05, 3.63) is 39.9 Å². The fourth-order valence-corrected chi connectivity index (χ4v) is 1.58. The van der Waals surface area contributed by atoms with Gasteiger partial charge in [-0.25, -0.2) is 4.79 Å². The lowest BCUT2D eigenvalue weighted by atomic mass is 10.0. The van der Waals surface area contributed by atoms with Crippen molar-refractivity contribution in [3.63, 3.8) is 0 Å². The molecule has 8 nitrogen and oxygen atoms in total. The standard InChI is InChI=1S/C13H18N2O6/c1-10(6-7-11-4-2-3-5-12(11)14)13(16)21-20-9-8-19-15(17)18/h2-5,10H,6-9,14H2,1H3. The summed E-state index contributed by atoms with van der Waals surface area (Å²) in [6.07, 6.45) is 1.20. The molecule has 0 bridgehead atoms. The predicted octanol–water partition coefficient (Wildman–Crippen LogP) is 1.52. The van der Waals surface area contributed by atoms with Gasteiger partial charge in [0.15, 0.2) is 0 Å². The third-order valence-electron chi connectivity index (χ3n) is 2.81. The Morgan fingerprint density at radius 3 is 2.76 bits per heavy atom. The monoisotopic (exact) mass is 298 g/mol. The summed E-state index contributed by atoms with van der Waals surface area (Å²) in [4.78, 5) is 34.5. The second-order valence-electron chi connectivity index (χ2n) is 4.42. The first kappa shape index (κ1) is 16.7. The Labute approximate surface area is 121 Å². The third kappa shape index (κ3) is 6.57. The van der Waals surface area contributed by atoms with Crippen molar-refractivity contribution in [1.29, 1.82) is 0 Å². The molecule has 0 aliphatic heterocycles. The van der Waals surface area contributed by atoms with Gasteiger partial charge in [-0.2, -0.15) is 4.89 Å². The van der Waals surface area contributed by atoms with E-state index >= 15 is 0 Å². The first-order valence-corrected chi connectivity index (χ1v) is 6.44. The average molecular weight is 298 g/mol. The third-order valence-corrected chi connectivity index (χ3v) is 2.81. The number of hydrogen-bond donors (Lipinski definition) is 1. The lowest BCUT2D eigenvalue weighted by Crippen LogP contribution is -2.18. The van der Waals surface area contributed by atoms with E-state index in [0.717, 1.165) is 5.56 Å². The Morgan fingerprint density at radius 1 is 1.38 bits per heavy atom. The Balaban J connectivity index is 2.22. The molecular weight excluding hydrogens is 280 g/mol. The van der Waals surface area contributed by atoms with E-state index in [9.17, 15) is 14.9 Å². The van der Waals surface area contributed by atoms with Crippen LogP contribution in [0.2, 0.25) is 0 Å². The maximum absolute atomic E-state index is 11.6. The maximum Gasteiger partial charge on any atom is 0.345 e. The van der Waals surface area contributed by atoms with Crippen molar-refractivity contribution in [3.8, 4) is 0 Å². The number of carbonyl (C=O) groups excluding carboxylic acids is 1. The van der Waals surface area contributed by atoms with E-state index in [-0.39, 0.29) is 19.1 Å². The van der Waals surface area contributed by atoms with Gasteiger partial charge < -0.3 is 10.6 Å². The molecule has 0 amide bonds. The molecule has 0 fully saturated rings. The number of hydrogen-bond acceptors (Lipinski definition) is 7. The van der Waals surface area contributed by atoms with Gasteiger partial charge in [-0.3, -0.25) is 4.89 Å². The van der Waals surface area contributed by atoms with E-state index in [0.29, 0.717) is 18.5 Å². The van der Waals surface area contributed by atoms with Gasteiger partial charge in [0.05, 0.1) is 5.92 Å². The summed E-state index contributed by atoms with van der Waals surface area (Å²) in [7, 11) is 0. The SMILES string of the molecule is CC(CCc1ccccc1N)C(=O)OOCCO[N+](=O)[O-]. The highest BCUT2D eigenvalue weighted by Gasteiger charge is 2.16. The van der Waals surface area contributed by atoms with E-state index in [1.54, 1.807) is 13.0 Å². The van der Waals surface area contributed by atoms with Crippen molar-refractivity contribution >= 4 is 11.7 Å². The first-order valence-electron chi connectivity index (χ1n) is 6.44. The molecule has 116 valence electrons. The number of anilines is 1. The van der Waals surface area contributed by atoms with Crippen molar-refractivity contribution < 1.29 is 24.5 Å². The Hall–Kier alpha value is -2.35. The van der Waals surface area contributed by atoms with Crippen molar-refractivity contribution in [1.82, 2.24) is 0 Å². The lowest BCUT2D eigenvalue weighted by molar-refractivity contribution is -0.758. The molecule has 0 saturated carbocycles. The number of nitrogens with zero attached hydrogens (tertiary/aromatic N) is 1. The van der Waals surface area contributed by atoms with Crippen LogP contribution in [-0.4, -0.2) is 24.3 Å². The van der Waals surface area contributed by atoms with Gasteiger partial charge in [0, 0.05) is 5.69 Å². The number of rotatable bonds is 9. The number of nitrogen functional groups attached to an aromatic ring is 1. The van der Waals surface area contributed by atoms with Crippen LogP contribution in [-0.2, 0) is 25.8 Å². The predicted molar refractivity (Wildman–Crippen MR) is 73.3 cm³/mol. The second kappa shape index (κ2) is 8.75. The van der Waals surface area contributed by atoms with Crippen LogP contribution >= 0.6 is 0 Å². The quantitative estimate of drug-likeness (QED) is 0.242. The topological polar surface area (TPSA) is 114 Å². The van der Waals surface area contributed by atoms with E-state index in [4.69, 9.17) is 5.73 Å². The molecule has 1 aromatic rings. The zero-order valence-corrected chi connectivity index (χ0v) is 11.7. The van der Waals surface area contributed by atoms with Crippen LogP contribution in [0.4, 0.5) is 5.69 Å². The summed E-state index contributed by atoms with van der Waals surface area (Å²) in [5.41, 5.74) is 7.47. The van der Waals surface area contributed by atoms with Crippen molar-refractivity contribution in [2.24, 2.45) is 5.92 Å². The molecule has 1 unspecified atom stereocenters. The van der Waals surface area contributed by atoms with Crippen LogP contribution in [0, 0.1) is 16.0 Å². The molecule has 1 atom stereocenters. The fourth-order valence-electron chi connectivity index (χ4n) is 1.58. The summed E-state index contributed by atoms with van der Waals surface area (Å²) >= 11 is 0. The van der Waals surface area contributed by atoms with E-state index in [1.165, 1.54) is 0 Å². The van der Waals surface area contributed by atoms with E-state index < -0.39 is 11.1 Å². The summed E-state index contributed by atoms with van der Waals surface area (Å²) < 4.78 is 0. The second-order valence-corrected chi connectivity index (χ2v) is 4.42. The fraction of sp³-hybridized carbons (Fsp3) is 0.462. The molecule has 8 heteroatoms. The summed E-state index contributed by atoms with van der Waals surface area (Å²) in [5.74, 6) is -0.911. The molecule has 0 aliphatic rings. The molecule has 1 rings (SSSR count). The van der Waals surface area contributed by atoms with E-state index in [2.05, 4.69) is 14.6 Å². The van der Waals surface area contributed by atoms with Gasteiger partial charge in [-0.15, -0.1) is 10.1 Å². The summed E-state index contributed by atoms with van der Waals surface area (Å²) in [5, 5.41) is 8.92. The molecule has 0 heterocycles. The number of benzene rings is 1. The molecule has 21 heavy (non-hydrogen) atoms. The minimum Gasteiger partial charge on any atom is -0.399 e. The number of nitrogens with two attached hydrogens (primary N) is 1. The van der Waals surface area contributed by atoms with Gasteiger partial charge in [0.2, 0.25) is 0 Å². The normalized spacial score (nSPS) is 11.7. The molecule has 0 aliphatic carbocycles. The van der Waals surface area contributed by atoms with Crippen LogP contribution in [0.25, 0.3) is 0 Å². The highest BCUT2D eigenvalue weighted by Crippen LogP contribution is 2.16. The van der Waals surface area contributed by atoms with Gasteiger partial charge in [-0.1, -0.05) is 25.1 Å². The van der Waals surface area contributed by atoms with Crippen LogP contribution in [0.1, 0.15) is 18.9 Å². The largest absolute Gasteiger partial charge is 0.399 e. The number of aryl methyl sites for hydroxylation is 1. The Bertz CT molecular complexity index is 479. The van der Waals surface area contributed by atoms with Gasteiger partial charge >= 0.3 is 5.97 Å². The zero-order valence-electron chi connectivity index (χ0n) is 11.7. The van der Waals surface area contributed by atoms with Crippen LogP contribution in [0.5, 0.6) is 0 Å². The number of carbonyl (C=O) groups is 1. The maximum atomic E-state index is 11.6. The number of para-hydroxylation sites is 1. The molecule has 1 aromatic carbocycles. The smallest absolute Gasteiger partial charge is 0.345 e. The van der Waals surface area contributed by atoms with Crippen molar-refractivity contribution in [2.75, 3.05) is 18.9 Å². The minimum atomic E-state index is -0.946. The summed E-state index contributed by atoms with van der Waals surface area (Å²) in [6, 6.07) is 7.43. The Kier molecular flexibility index (Phi) is 6.96. The summed E-state index contributed by atoms with van der Waals surface area (Å²) in [6.45, 7) is 1.21. The highest BCUT2D eigenvalue weighted by molar-refractivity contribution is 5.71. The van der Waals surface area contributed by atoms with E-state index in [1.807, 2.05) is 18.2 Å². The molecule has 0 spiro atoms. The molecule has 2 N–H and O–H groups in total. The molecule has 0 saturated heterocycles. The van der Waals surface area contributed by atoms with Gasteiger partial charge in [-0.05, 0) is 24.5 Å². The first-order chi connectivity index (χ1) is 10.0. The Morgan fingerprint density at radius 2 is 2.10 bits per heavy atom. The average Bonchev–Trinajstić information content (AvgIpc) is 2.45.